The SMILES string of the molecule is Cc1cccc(OCCN2C(=O)NC(C)(CCc3ccccc3)C2=O)c1. The fourth-order valence-electron chi connectivity index (χ4n) is 3.12. The highest BCUT2D eigenvalue weighted by molar-refractivity contribution is 6.06. The van der Waals surface area contributed by atoms with Crippen molar-refractivity contribution in [2.75, 3.05) is 13.2 Å². The van der Waals surface area contributed by atoms with Crippen molar-refractivity contribution in [1.82, 2.24) is 10.2 Å². The Bertz CT molecular complexity index is 791. The van der Waals surface area contributed by atoms with Crippen LogP contribution in [0.4, 0.5) is 4.79 Å². The van der Waals surface area contributed by atoms with Crippen LogP contribution in [0.15, 0.2) is 54.6 Å². The molecule has 0 spiro atoms. The second kappa shape index (κ2) is 7.60. The molecule has 1 aliphatic heterocycles. The first-order valence-electron chi connectivity index (χ1n) is 8.85. The molecule has 3 rings (SSSR count). The Balaban J connectivity index is 1.55. The molecule has 26 heavy (non-hydrogen) atoms. The lowest BCUT2D eigenvalue weighted by atomic mass is 9.93. The summed E-state index contributed by atoms with van der Waals surface area (Å²) in [4.78, 5) is 26.2. The third-order valence-electron chi connectivity index (χ3n) is 4.67. The van der Waals surface area contributed by atoms with Gasteiger partial charge in [0.2, 0.25) is 0 Å². The molecule has 0 radical (unpaired) electrons. The Hall–Kier alpha value is -2.82. The van der Waals surface area contributed by atoms with Crippen molar-refractivity contribution < 1.29 is 14.3 Å². The molecule has 1 aliphatic rings. The fourth-order valence-corrected chi connectivity index (χ4v) is 3.12. The maximum Gasteiger partial charge on any atom is 0.325 e. The summed E-state index contributed by atoms with van der Waals surface area (Å²) in [7, 11) is 0. The minimum atomic E-state index is -0.865. The highest BCUT2D eigenvalue weighted by atomic mass is 16.5. The lowest BCUT2D eigenvalue weighted by molar-refractivity contribution is -0.131. The van der Waals surface area contributed by atoms with Crippen LogP contribution in [-0.2, 0) is 11.2 Å². The summed E-state index contributed by atoms with van der Waals surface area (Å²) in [6, 6.07) is 17.3. The number of nitrogens with one attached hydrogen (secondary N) is 1. The number of benzene rings is 2. The van der Waals surface area contributed by atoms with E-state index in [2.05, 4.69) is 5.32 Å². The molecule has 136 valence electrons. The first-order chi connectivity index (χ1) is 12.5. The van der Waals surface area contributed by atoms with Crippen LogP contribution in [-0.4, -0.2) is 35.5 Å². The van der Waals surface area contributed by atoms with E-state index in [0.717, 1.165) is 23.3 Å². The van der Waals surface area contributed by atoms with Crippen LogP contribution in [0.25, 0.3) is 0 Å². The summed E-state index contributed by atoms with van der Waals surface area (Å²) in [5.41, 5.74) is 1.39. The standard InChI is InChI=1S/C21H24N2O3/c1-16-7-6-10-18(15-16)26-14-13-23-19(24)21(2,22-20(23)25)12-11-17-8-4-3-5-9-17/h3-10,15H,11-14H2,1-2H3,(H,22,25). The van der Waals surface area contributed by atoms with E-state index in [-0.39, 0.29) is 25.1 Å². The van der Waals surface area contributed by atoms with Crippen molar-refractivity contribution in [1.29, 1.82) is 0 Å². The predicted molar refractivity (Wildman–Crippen MR) is 100 cm³/mol. The van der Waals surface area contributed by atoms with Gasteiger partial charge in [0.05, 0.1) is 6.54 Å². The number of rotatable bonds is 7. The summed E-state index contributed by atoms with van der Waals surface area (Å²) in [6.45, 7) is 4.29. The maximum atomic E-state index is 12.7. The van der Waals surface area contributed by atoms with Gasteiger partial charge in [-0.3, -0.25) is 9.69 Å². The van der Waals surface area contributed by atoms with Crippen LogP contribution in [0.3, 0.4) is 0 Å². The first-order valence-corrected chi connectivity index (χ1v) is 8.85. The molecule has 0 saturated carbocycles. The largest absolute Gasteiger partial charge is 0.492 e. The number of amides is 3. The average Bonchev–Trinajstić information content (AvgIpc) is 2.84. The predicted octanol–water partition coefficient (Wildman–Crippen LogP) is 3.32. The normalized spacial score (nSPS) is 19.5. The Morgan fingerprint density at radius 1 is 1.08 bits per heavy atom. The lowest BCUT2D eigenvalue weighted by Crippen LogP contribution is -2.44. The number of urea groups is 1. The van der Waals surface area contributed by atoms with Gasteiger partial charge in [0.15, 0.2) is 0 Å². The van der Waals surface area contributed by atoms with Crippen molar-refractivity contribution in [2.45, 2.75) is 32.2 Å². The summed E-state index contributed by atoms with van der Waals surface area (Å²) in [5.74, 6) is 0.551. The molecule has 2 aromatic rings. The van der Waals surface area contributed by atoms with E-state index >= 15 is 0 Å². The minimum absolute atomic E-state index is 0.189. The molecule has 5 heteroatoms. The summed E-state index contributed by atoms with van der Waals surface area (Å²) < 4.78 is 5.67. The van der Waals surface area contributed by atoms with E-state index in [4.69, 9.17) is 4.74 Å². The van der Waals surface area contributed by atoms with E-state index in [0.29, 0.717) is 6.42 Å². The highest BCUT2D eigenvalue weighted by Gasteiger charge is 2.47. The number of imide groups is 1. The molecule has 1 heterocycles. The van der Waals surface area contributed by atoms with Gasteiger partial charge in [-0.2, -0.15) is 0 Å². The number of nitrogens with zero attached hydrogens (tertiary/aromatic N) is 1. The van der Waals surface area contributed by atoms with Crippen molar-refractivity contribution in [3.63, 3.8) is 0 Å². The number of ether oxygens (including phenoxy) is 1. The summed E-state index contributed by atoms with van der Waals surface area (Å²) in [6.07, 6.45) is 1.30. The zero-order chi connectivity index (χ0) is 18.6. The van der Waals surface area contributed by atoms with E-state index in [1.807, 2.05) is 61.5 Å². The fraction of sp³-hybridized carbons (Fsp3) is 0.333. The number of carbonyl (C=O) groups is 2. The van der Waals surface area contributed by atoms with Crippen molar-refractivity contribution in [3.05, 3.63) is 65.7 Å². The highest BCUT2D eigenvalue weighted by Crippen LogP contribution is 2.23. The van der Waals surface area contributed by atoms with Gasteiger partial charge in [0.25, 0.3) is 5.91 Å². The first kappa shape index (κ1) is 18.0. The van der Waals surface area contributed by atoms with Gasteiger partial charge in [-0.1, -0.05) is 42.5 Å². The van der Waals surface area contributed by atoms with Crippen LogP contribution in [0.1, 0.15) is 24.5 Å². The second-order valence-electron chi connectivity index (χ2n) is 6.87. The van der Waals surface area contributed by atoms with Gasteiger partial charge in [-0.05, 0) is 49.9 Å². The molecule has 0 aromatic heterocycles. The number of carbonyl (C=O) groups excluding carboxylic acids is 2. The van der Waals surface area contributed by atoms with Crippen molar-refractivity contribution in [2.24, 2.45) is 0 Å². The topological polar surface area (TPSA) is 58.6 Å². The van der Waals surface area contributed by atoms with Gasteiger partial charge in [-0.15, -0.1) is 0 Å². The van der Waals surface area contributed by atoms with E-state index in [9.17, 15) is 9.59 Å². The quantitative estimate of drug-likeness (QED) is 0.778. The zero-order valence-corrected chi connectivity index (χ0v) is 15.2. The van der Waals surface area contributed by atoms with Crippen molar-refractivity contribution >= 4 is 11.9 Å². The molecule has 1 fully saturated rings. The van der Waals surface area contributed by atoms with Crippen LogP contribution in [0, 0.1) is 6.92 Å². The van der Waals surface area contributed by atoms with Crippen LogP contribution in [0.2, 0.25) is 0 Å². The smallest absolute Gasteiger partial charge is 0.325 e. The summed E-state index contributed by atoms with van der Waals surface area (Å²) in [5, 5.41) is 2.84. The lowest BCUT2D eigenvalue weighted by Gasteiger charge is -2.21. The number of hydrogen-bond donors (Lipinski definition) is 1. The van der Waals surface area contributed by atoms with E-state index in [1.54, 1.807) is 6.92 Å². The van der Waals surface area contributed by atoms with Crippen molar-refractivity contribution in [3.8, 4) is 5.75 Å². The molecule has 1 saturated heterocycles. The van der Waals surface area contributed by atoms with E-state index < -0.39 is 5.54 Å². The maximum absolute atomic E-state index is 12.7. The molecule has 1 N–H and O–H groups in total. The van der Waals surface area contributed by atoms with Gasteiger partial charge < -0.3 is 10.1 Å². The molecule has 0 bridgehead atoms. The molecular formula is C21H24N2O3. The molecule has 2 aromatic carbocycles. The number of hydrogen-bond acceptors (Lipinski definition) is 3. The molecular weight excluding hydrogens is 328 g/mol. The van der Waals surface area contributed by atoms with Crippen LogP contribution >= 0.6 is 0 Å². The Morgan fingerprint density at radius 2 is 1.85 bits per heavy atom. The molecule has 1 atom stereocenters. The minimum Gasteiger partial charge on any atom is -0.492 e. The monoisotopic (exact) mass is 352 g/mol. The average molecular weight is 352 g/mol. The van der Waals surface area contributed by atoms with Crippen LogP contribution < -0.4 is 10.1 Å². The third kappa shape index (κ3) is 4.04. The van der Waals surface area contributed by atoms with E-state index in [1.165, 1.54) is 4.90 Å². The van der Waals surface area contributed by atoms with Gasteiger partial charge in [-0.25, -0.2) is 4.79 Å². The Morgan fingerprint density at radius 3 is 2.58 bits per heavy atom. The molecule has 1 unspecified atom stereocenters. The Labute approximate surface area is 154 Å². The Kier molecular flexibility index (Phi) is 5.26. The van der Waals surface area contributed by atoms with Gasteiger partial charge in [0.1, 0.15) is 17.9 Å². The molecule has 3 amide bonds. The molecule has 0 aliphatic carbocycles. The van der Waals surface area contributed by atoms with Crippen LogP contribution in [0.5, 0.6) is 5.75 Å². The molecule has 5 nitrogen and oxygen atoms in total. The summed E-state index contributed by atoms with van der Waals surface area (Å²) >= 11 is 0. The zero-order valence-electron chi connectivity index (χ0n) is 15.2. The third-order valence-corrected chi connectivity index (χ3v) is 4.67. The van der Waals surface area contributed by atoms with Gasteiger partial charge in [0, 0.05) is 0 Å². The number of aryl methyl sites for hydroxylation is 2. The second-order valence-corrected chi connectivity index (χ2v) is 6.87. The van der Waals surface area contributed by atoms with Gasteiger partial charge >= 0.3 is 6.03 Å².